The third kappa shape index (κ3) is 1.64. The molecule has 16 heavy (non-hydrogen) atoms. The van der Waals surface area contributed by atoms with Crippen molar-refractivity contribution in [1.82, 2.24) is 5.32 Å². The van der Waals surface area contributed by atoms with Gasteiger partial charge in [-0.2, -0.15) is 0 Å². The van der Waals surface area contributed by atoms with Gasteiger partial charge in [0.1, 0.15) is 5.82 Å². The molecule has 1 N–H and O–H groups in total. The molecule has 2 rings (SSSR count). The van der Waals surface area contributed by atoms with Crippen LogP contribution in [-0.2, 0) is 9.84 Å². The molecule has 1 aromatic carbocycles. The van der Waals surface area contributed by atoms with E-state index in [1.54, 1.807) is 20.0 Å². The van der Waals surface area contributed by atoms with Crippen LogP contribution in [0.1, 0.15) is 24.9 Å². The summed E-state index contributed by atoms with van der Waals surface area (Å²) in [5.41, 5.74) is 0.669. The Kier molecular flexibility index (Phi) is 2.75. The van der Waals surface area contributed by atoms with Gasteiger partial charge in [-0.3, -0.25) is 0 Å². The van der Waals surface area contributed by atoms with Gasteiger partial charge in [0.25, 0.3) is 0 Å². The average molecular weight is 243 g/mol. The first-order valence-corrected chi connectivity index (χ1v) is 6.72. The van der Waals surface area contributed by atoms with Gasteiger partial charge >= 0.3 is 0 Å². The predicted octanol–water partition coefficient (Wildman–Crippen LogP) is 1.65. The van der Waals surface area contributed by atoms with E-state index >= 15 is 0 Å². The van der Waals surface area contributed by atoms with Gasteiger partial charge in [-0.25, -0.2) is 12.8 Å². The monoisotopic (exact) mass is 243 g/mol. The van der Waals surface area contributed by atoms with E-state index in [1.165, 1.54) is 6.07 Å². The molecule has 0 bridgehead atoms. The van der Waals surface area contributed by atoms with Gasteiger partial charge in [0.15, 0.2) is 9.84 Å². The minimum absolute atomic E-state index is 0.0193. The summed E-state index contributed by atoms with van der Waals surface area (Å²) in [6.07, 6.45) is 0.525. The van der Waals surface area contributed by atoms with Crippen molar-refractivity contribution in [2.24, 2.45) is 0 Å². The number of sulfone groups is 1. The summed E-state index contributed by atoms with van der Waals surface area (Å²) in [5, 5.41) is 2.59. The van der Waals surface area contributed by atoms with E-state index in [0.29, 0.717) is 12.0 Å². The van der Waals surface area contributed by atoms with Crippen LogP contribution in [0.2, 0.25) is 0 Å². The number of hydrogen-bond donors (Lipinski definition) is 1. The molecule has 1 aliphatic rings. The van der Waals surface area contributed by atoms with Crippen molar-refractivity contribution in [2.75, 3.05) is 7.05 Å². The molecule has 5 heteroatoms. The molecule has 0 aliphatic carbocycles. The van der Waals surface area contributed by atoms with Gasteiger partial charge in [-0.1, -0.05) is 6.07 Å². The fourth-order valence-electron chi connectivity index (χ4n) is 2.12. The van der Waals surface area contributed by atoms with Crippen molar-refractivity contribution in [2.45, 2.75) is 29.5 Å². The topological polar surface area (TPSA) is 46.2 Å². The number of halogens is 1. The van der Waals surface area contributed by atoms with Gasteiger partial charge < -0.3 is 5.32 Å². The lowest BCUT2D eigenvalue weighted by molar-refractivity contribution is 0.490. The molecule has 0 aromatic heterocycles. The molecule has 2 atom stereocenters. The first kappa shape index (κ1) is 11.5. The highest BCUT2D eigenvalue weighted by Gasteiger charge is 2.35. The van der Waals surface area contributed by atoms with Crippen LogP contribution in [-0.4, -0.2) is 20.7 Å². The van der Waals surface area contributed by atoms with E-state index < -0.39 is 20.9 Å². The fourth-order valence-corrected chi connectivity index (χ4v) is 3.81. The van der Waals surface area contributed by atoms with Gasteiger partial charge in [0.2, 0.25) is 0 Å². The molecule has 88 valence electrons. The number of nitrogens with one attached hydrogen (secondary N) is 1. The van der Waals surface area contributed by atoms with E-state index in [9.17, 15) is 12.8 Å². The first-order valence-electron chi connectivity index (χ1n) is 5.17. The van der Waals surface area contributed by atoms with Crippen LogP contribution >= 0.6 is 0 Å². The Hall–Kier alpha value is -0.940. The quantitative estimate of drug-likeness (QED) is 0.815. The van der Waals surface area contributed by atoms with Gasteiger partial charge in [0, 0.05) is 6.04 Å². The molecular weight excluding hydrogens is 229 g/mol. The van der Waals surface area contributed by atoms with E-state index in [1.807, 2.05) is 0 Å². The standard InChI is InChI=1S/C11H14FNO2S/c1-7-5-10(13-2)9-4-3-8(12)6-11(9)16(7,14)15/h3-4,6-7,10,13H,5H2,1-2H3. The largest absolute Gasteiger partial charge is 0.313 e. The molecule has 1 heterocycles. The summed E-state index contributed by atoms with van der Waals surface area (Å²) in [6, 6.07) is 3.95. The van der Waals surface area contributed by atoms with Crippen molar-refractivity contribution in [3.63, 3.8) is 0 Å². The van der Waals surface area contributed by atoms with Crippen LogP contribution in [0.15, 0.2) is 23.1 Å². The van der Waals surface area contributed by atoms with E-state index in [0.717, 1.165) is 6.07 Å². The minimum Gasteiger partial charge on any atom is -0.313 e. The Morgan fingerprint density at radius 3 is 2.75 bits per heavy atom. The molecular formula is C11H14FNO2S. The maximum Gasteiger partial charge on any atom is 0.181 e. The Morgan fingerprint density at radius 1 is 1.44 bits per heavy atom. The SMILES string of the molecule is CNC1CC(C)S(=O)(=O)c2cc(F)ccc21. The molecule has 0 saturated heterocycles. The highest BCUT2D eigenvalue weighted by atomic mass is 32.2. The second-order valence-corrected chi connectivity index (χ2v) is 6.45. The Morgan fingerprint density at radius 2 is 2.12 bits per heavy atom. The van der Waals surface area contributed by atoms with Crippen LogP contribution in [0, 0.1) is 5.82 Å². The van der Waals surface area contributed by atoms with Gasteiger partial charge in [-0.05, 0) is 38.1 Å². The molecule has 0 amide bonds. The third-order valence-electron chi connectivity index (χ3n) is 3.10. The van der Waals surface area contributed by atoms with Crippen LogP contribution in [0.3, 0.4) is 0 Å². The number of hydrogen-bond acceptors (Lipinski definition) is 3. The normalized spacial score (nSPS) is 27.4. The number of rotatable bonds is 1. The van der Waals surface area contributed by atoms with Crippen molar-refractivity contribution in [1.29, 1.82) is 0 Å². The molecule has 1 aromatic rings. The maximum absolute atomic E-state index is 13.1. The molecule has 1 aliphatic heterocycles. The predicted molar refractivity (Wildman–Crippen MR) is 59.5 cm³/mol. The molecule has 0 spiro atoms. The van der Waals surface area contributed by atoms with Crippen LogP contribution in [0.4, 0.5) is 4.39 Å². The minimum atomic E-state index is -3.37. The summed E-state index contributed by atoms with van der Waals surface area (Å²) in [6.45, 7) is 1.66. The highest BCUT2D eigenvalue weighted by molar-refractivity contribution is 7.92. The lowest BCUT2D eigenvalue weighted by atomic mass is 10.0. The molecule has 2 unspecified atom stereocenters. The zero-order valence-corrected chi connectivity index (χ0v) is 10.0. The van der Waals surface area contributed by atoms with E-state index in [-0.39, 0.29) is 10.9 Å². The Labute approximate surface area is 94.6 Å². The first-order chi connectivity index (χ1) is 7.46. The van der Waals surface area contributed by atoms with Crippen molar-refractivity contribution in [3.8, 4) is 0 Å². The number of fused-ring (bicyclic) bond motifs is 1. The smallest absolute Gasteiger partial charge is 0.181 e. The molecule has 0 radical (unpaired) electrons. The summed E-state index contributed by atoms with van der Waals surface area (Å²) in [7, 11) is -1.59. The third-order valence-corrected chi connectivity index (χ3v) is 5.32. The average Bonchev–Trinajstić information content (AvgIpc) is 2.24. The van der Waals surface area contributed by atoms with E-state index in [2.05, 4.69) is 5.32 Å². The van der Waals surface area contributed by atoms with Crippen molar-refractivity contribution in [3.05, 3.63) is 29.6 Å². The van der Waals surface area contributed by atoms with Crippen molar-refractivity contribution >= 4 is 9.84 Å². The van der Waals surface area contributed by atoms with Crippen molar-refractivity contribution < 1.29 is 12.8 Å². The lowest BCUT2D eigenvalue weighted by Gasteiger charge is -2.29. The van der Waals surface area contributed by atoms with Gasteiger partial charge in [0.05, 0.1) is 10.1 Å². The number of benzene rings is 1. The Bertz CT molecular complexity index is 513. The fraction of sp³-hybridized carbons (Fsp3) is 0.455. The maximum atomic E-state index is 13.1. The second-order valence-electron chi connectivity index (χ2n) is 4.11. The summed E-state index contributed by atoms with van der Waals surface area (Å²) >= 11 is 0. The van der Waals surface area contributed by atoms with Crippen LogP contribution in [0.5, 0.6) is 0 Å². The summed E-state index contributed by atoms with van der Waals surface area (Å²) in [4.78, 5) is 0.130. The van der Waals surface area contributed by atoms with E-state index in [4.69, 9.17) is 0 Å². The molecule has 3 nitrogen and oxygen atoms in total. The van der Waals surface area contributed by atoms with Crippen LogP contribution in [0.25, 0.3) is 0 Å². The zero-order chi connectivity index (χ0) is 11.9. The molecule has 0 fully saturated rings. The van der Waals surface area contributed by atoms with Crippen LogP contribution < -0.4 is 5.32 Å². The molecule has 0 saturated carbocycles. The second kappa shape index (κ2) is 3.82. The summed E-state index contributed by atoms with van der Waals surface area (Å²) < 4.78 is 37.2. The Balaban J connectivity index is 2.67. The highest BCUT2D eigenvalue weighted by Crippen LogP contribution is 2.36. The zero-order valence-electron chi connectivity index (χ0n) is 9.20. The summed E-state index contributed by atoms with van der Waals surface area (Å²) in [5.74, 6) is -0.508. The van der Waals surface area contributed by atoms with Gasteiger partial charge in [-0.15, -0.1) is 0 Å². The lowest BCUT2D eigenvalue weighted by Crippen LogP contribution is -2.33.